The summed E-state index contributed by atoms with van der Waals surface area (Å²) in [6.45, 7) is 5.94. The first-order chi connectivity index (χ1) is 16.0. The smallest absolute Gasteiger partial charge is 0.347 e. The maximum absolute atomic E-state index is 12.6. The summed E-state index contributed by atoms with van der Waals surface area (Å²) in [4.78, 5) is 31.0. The molecule has 0 spiro atoms. The van der Waals surface area contributed by atoms with Crippen LogP contribution in [-0.4, -0.2) is 90.7 Å². The number of hydrazone groups is 1. The molecule has 1 aromatic heterocycles. The van der Waals surface area contributed by atoms with Gasteiger partial charge in [-0.05, 0) is 62.8 Å². The number of amides is 3. The van der Waals surface area contributed by atoms with Gasteiger partial charge in [0.05, 0.1) is 6.21 Å². The lowest BCUT2D eigenvalue weighted by Crippen LogP contribution is -2.44. The number of nitrogens with zero attached hydrogens (tertiary/aromatic N) is 5. The van der Waals surface area contributed by atoms with Gasteiger partial charge in [0.15, 0.2) is 0 Å². The molecule has 0 unspecified atom stereocenters. The summed E-state index contributed by atoms with van der Waals surface area (Å²) >= 11 is 5.92. The molecule has 2 saturated heterocycles. The number of carbonyl (C=O) groups is 2. The Kier molecular flexibility index (Phi) is 7.80. The van der Waals surface area contributed by atoms with E-state index in [-0.39, 0.29) is 18.5 Å². The molecule has 0 saturated carbocycles. The first-order valence-electron chi connectivity index (χ1n) is 11.4. The largest absolute Gasteiger partial charge is 0.455 e. The molecule has 8 nitrogen and oxygen atoms in total. The van der Waals surface area contributed by atoms with E-state index in [1.807, 2.05) is 18.2 Å². The second-order valence-electron chi connectivity index (χ2n) is 8.54. The average Bonchev–Trinajstić information content (AvgIpc) is 3.39. The van der Waals surface area contributed by atoms with Crippen LogP contribution in [0.1, 0.15) is 25.0 Å². The van der Waals surface area contributed by atoms with Crippen LogP contribution < -0.4 is 0 Å². The molecule has 3 amide bonds. The Hall–Kier alpha value is -2.68. The highest BCUT2D eigenvalue weighted by molar-refractivity contribution is 6.30. The molecule has 33 heavy (non-hydrogen) atoms. The van der Waals surface area contributed by atoms with E-state index >= 15 is 0 Å². The van der Waals surface area contributed by atoms with Crippen molar-refractivity contribution in [2.75, 3.05) is 52.9 Å². The first kappa shape index (κ1) is 23.5. The second kappa shape index (κ2) is 11.0. The number of rotatable bonds is 9. The summed E-state index contributed by atoms with van der Waals surface area (Å²) in [7, 11) is 2.15. The monoisotopic (exact) mass is 471 g/mol. The molecule has 2 aromatic rings. The van der Waals surface area contributed by atoms with Crippen LogP contribution in [0, 0.1) is 0 Å². The van der Waals surface area contributed by atoms with Gasteiger partial charge in [-0.3, -0.25) is 9.69 Å². The molecule has 2 aliphatic rings. The standard InChI is InChI=1S/C24H30ClN5O3/c1-27-13-15-28(16-14-27)11-3-2-4-12-29-23(31)18-30(24(29)32)26-17-21-9-10-22(33-21)19-5-7-20(25)8-6-19/h5-10,17H,2-4,11-16,18H2,1H3/b26-17+. The summed E-state index contributed by atoms with van der Waals surface area (Å²) in [5.41, 5.74) is 0.894. The Morgan fingerprint density at radius 1 is 0.970 bits per heavy atom. The highest BCUT2D eigenvalue weighted by Gasteiger charge is 2.35. The van der Waals surface area contributed by atoms with Gasteiger partial charge < -0.3 is 14.2 Å². The van der Waals surface area contributed by atoms with Gasteiger partial charge in [0.2, 0.25) is 0 Å². The minimum absolute atomic E-state index is 0.0403. The fourth-order valence-corrected chi connectivity index (χ4v) is 4.14. The van der Waals surface area contributed by atoms with Crippen LogP contribution in [0.3, 0.4) is 0 Å². The van der Waals surface area contributed by atoms with E-state index in [9.17, 15) is 9.59 Å². The number of unbranched alkanes of at least 4 members (excludes halogenated alkanes) is 2. The van der Waals surface area contributed by atoms with E-state index in [2.05, 4.69) is 21.9 Å². The summed E-state index contributed by atoms with van der Waals surface area (Å²) in [6, 6.07) is 10.6. The van der Waals surface area contributed by atoms with Crippen molar-refractivity contribution in [2.24, 2.45) is 5.10 Å². The van der Waals surface area contributed by atoms with E-state index in [1.54, 1.807) is 18.2 Å². The Labute approximate surface area is 199 Å². The average molecular weight is 472 g/mol. The lowest BCUT2D eigenvalue weighted by Gasteiger charge is -2.32. The van der Waals surface area contributed by atoms with Gasteiger partial charge in [0.1, 0.15) is 18.1 Å². The van der Waals surface area contributed by atoms with Crippen molar-refractivity contribution >= 4 is 29.8 Å². The predicted octanol–water partition coefficient (Wildman–Crippen LogP) is 3.62. The normalized spacial score (nSPS) is 18.2. The summed E-state index contributed by atoms with van der Waals surface area (Å²) in [5.74, 6) is 0.968. The molecule has 176 valence electrons. The van der Waals surface area contributed by atoms with Gasteiger partial charge in [-0.1, -0.05) is 18.0 Å². The number of hydrogen-bond acceptors (Lipinski definition) is 6. The molecule has 0 bridgehead atoms. The molecule has 0 N–H and O–H groups in total. The number of hydrogen-bond donors (Lipinski definition) is 0. The van der Waals surface area contributed by atoms with Gasteiger partial charge in [-0.25, -0.2) is 9.80 Å². The van der Waals surface area contributed by atoms with Crippen LogP contribution >= 0.6 is 11.6 Å². The number of furan rings is 1. The molecule has 3 heterocycles. The number of imide groups is 1. The minimum atomic E-state index is -0.375. The predicted molar refractivity (Wildman–Crippen MR) is 128 cm³/mol. The Balaban J connectivity index is 1.22. The van der Waals surface area contributed by atoms with Gasteiger partial charge in [0.25, 0.3) is 5.91 Å². The Bertz CT molecular complexity index is 982. The zero-order valence-corrected chi connectivity index (χ0v) is 19.7. The number of halogens is 1. The van der Waals surface area contributed by atoms with Crippen molar-refractivity contribution in [3.05, 3.63) is 47.2 Å². The topological polar surface area (TPSA) is 72.6 Å². The molecule has 2 fully saturated rings. The first-order valence-corrected chi connectivity index (χ1v) is 11.8. The fraction of sp³-hybridized carbons (Fsp3) is 0.458. The zero-order valence-electron chi connectivity index (χ0n) is 19.0. The number of urea groups is 1. The highest BCUT2D eigenvalue weighted by atomic mass is 35.5. The van der Waals surface area contributed by atoms with Crippen molar-refractivity contribution in [1.82, 2.24) is 19.7 Å². The summed E-state index contributed by atoms with van der Waals surface area (Å²) < 4.78 is 5.77. The Morgan fingerprint density at radius 3 is 2.45 bits per heavy atom. The zero-order chi connectivity index (χ0) is 23.2. The summed E-state index contributed by atoms with van der Waals surface area (Å²) in [5, 5.41) is 6.03. The number of likely N-dealkylation sites (N-methyl/N-ethyl adjacent to an activating group) is 1. The highest BCUT2D eigenvalue weighted by Crippen LogP contribution is 2.23. The van der Waals surface area contributed by atoms with E-state index in [1.165, 1.54) is 16.1 Å². The lowest BCUT2D eigenvalue weighted by molar-refractivity contribution is -0.125. The number of benzene rings is 1. The van der Waals surface area contributed by atoms with E-state index in [0.29, 0.717) is 23.1 Å². The van der Waals surface area contributed by atoms with Gasteiger partial charge in [0, 0.05) is 43.3 Å². The van der Waals surface area contributed by atoms with Crippen LogP contribution in [0.5, 0.6) is 0 Å². The van der Waals surface area contributed by atoms with Crippen LogP contribution in [0.2, 0.25) is 5.02 Å². The van der Waals surface area contributed by atoms with Gasteiger partial charge in [-0.2, -0.15) is 5.10 Å². The molecule has 0 radical (unpaired) electrons. The van der Waals surface area contributed by atoms with Crippen molar-refractivity contribution in [1.29, 1.82) is 0 Å². The molecule has 9 heteroatoms. The van der Waals surface area contributed by atoms with Gasteiger partial charge in [-0.15, -0.1) is 0 Å². The molecule has 1 aromatic carbocycles. The number of carbonyl (C=O) groups excluding carboxylic acids is 2. The minimum Gasteiger partial charge on any atom is -0.455 e. The van der Waals surface area contributed by atoms with Crippen LogP contribution in [0.4, 0.5) is 4.79 Å². The molecular formula is C24H30ClN5O3. The van der Waals surface area contributed by atoms with Crippen LogP contribution in [0.15, 0.2) is 45.9 Å². The number of piperazine rings is 1. The maximum Gasteiger partial charge on any atom is 0.347 e. The van der Waals surface area contributed by atoms with Gasteiger partial charge >= 0.3 is 6.03 Å². The van der Waals surface area contributed by atoms with Crippen LogP contribution in [-0.2, 0) is 4.79 Å². The van der Waals surface area contributed by atoms with Crippen molar-refractivity contribution in [3.8, 4) is 11.3 Å². The lowest BCUT2D eigenvalue weighted by atomic mass is 10.2. The molecule has 2 aliphatic heterocycles. The van der Waals surface area contributed by atoms with Crippen molar-refractivity contribution in [2.45, 2.75) is 19.3 Å². The third-order valence-electron chi connectivity index (χ3n) is 6.07. The maximum atomic E-state index is 12.6. The molecule has 4 rings (SSSR count). The Morgan fingerprint density at radius 2 is 1.70 bits per heavy atom. The third-order valence-corrected chi connectivity index (χ3v) is 6.32. The van der Waals surface area contributed by atoms with E-state index in [0.717, 1.165) is 57.5 Å². The van der Waals surface area contributed by atoms with Crippen LogP contribution in [0.25, 0.3) is 11.3 Å². The van der Waals surface area contributed by atoms with Crippen molar-refractivity contribution in [3.63, 3.8) is 0 Å². The molecule has 0 atom stereocenters. The van der Waals surface area contributed by atoms with E-state index < -0.39 is 0 Å². The fourth-order valence-electron chi connectivity index (χ4n) is 4.01. The quantitative estimate of drug-likeness (QED) is 0.317. The van der Waals surface area contributed by atoms with Crippen molar-refractivity contribution < 1.29 is 14.0 Å². The SMILES string of the molecule is CN1CCN(CCCCCN2C(=O)CN(/N=C/c3ccc(-c4ccc(Cl)cc4)o3)C2=O)CC1. The third kappa shape index (κ3) is 6.22. The van der Waals surface area contributed by atoms with E-state index in [4.69, 9.17) is 16.0 Å². The molecular weight excluding hydrogens is 442 g/mol. The molecule has 0 aliphatic carbocycles. The summed E-state index contributed by atoms with van der Waals surface area (Å²) in [6.07, 6.45) is 4.35. The second-order valence-corrected chi connectivity index (χ2v) is 8.98.